The Kier molecular flexibility index (Phi) is 6.02. The van der Waals surface area contributed by atoms with Crippen LogP contribution in [0.1, 0.15) is 26.2 Å². The summed E-state index contributed by atoms with van der Waals surface area (Å²) in [6, 6.07) is 0. The van der Waals surface area contributed by atoms with E-state index < -0.39 is 13.5 Å². The Hall–Kier alpha value is -1.29. The molecule has 118 valence electrons. The normalized spacial score (nSPS) is 22.1. The molecule has 1 aliphatic rings. The van der Waals surface area contributed by atoms with Gasteiger partial charge in [0.1, 0.15) is 11.2 Å². The van der Waals surface area contributed by atoms with E-state index in [0.717, 1.165) is 18.6 Å². The second-order valence-corrected chi connectivity index (χ2v) is 11.4. The molecule has 0 spiro atoms. The molecule has 0 aromatic carbocycles. The van der Waals surface area contributed by atoms with Gasteiger partial charge in [-0.1, -0.05) is 37.0 Å². The highest BCUT2D eigenvalue weighted by atomic mass is 28.3. The zero-order valence-corrected chi connectivity index (χ0v) is 15.0. The van der Waals surface area contributed by atoms with Crippen LogP contribution in [-0.4, -0.2) is 27.8 Å². The molecule has 0 heterocycles. The lowest BCUT2D eigenvalue weighted by Gasteiger charge is -2.42. The third-order valence-electron chi connectivity index (χ3n) is 3.88. The predicted molar refractivity (Wildman–Crippen MR) is 89.6 cm³/mol. The first-order valence-electron chi connectivity index (χ1n) is 7.58. The molecular weight excluding hydrogens is 280 g/mol. The first-order valence-corrected chi connectivity index (χ1v) is 11.1. The lowest BCUT2D eigenvalue weighted by molar-refractivity contribution is -0.153. The predicted octanol–water partition coefficient (Wildman–Crippen LogP) is 4.24. The smallest absolute Gasteiger partial charge is 0.323 e. The van der Waals surface area contributed by atoms with E-state index in [1.165, 1.54) is 5.20 Å². The van der Waals surface area contributed by atoms with E-state index in [1.807, 2.05) is 19.1 Å². The van der Waals surface area contributed by atoms with Crippen LogP contribution in [0.3, 0.4) is 0 Å². The zero-order chi connectivity index (χ0) is 16.1. The van der Waals surface area contributed by atoms with Gasteiger partial charge in [-0.2, -0.15) is 0 Å². The van der Waals surface area contributed by atoms with Crippen molar-refractivity contribution < 1.29 is 14.3 Å². The Morgan fingerprint density at radius 2 is 2.10 bits per heavy atom. The van der Waals surface area contributed by atoms with Crippen molar-refractivity contribution >= 4 is 14.0 Å². The summed E-state index contributed by atoms with van der Waals surface area (Å²) in [6.45, 7) is 12.8. The van der Waals surface area contributed by atoms with Crippen LogP contribution in [0.2, 0.25) is 19.6 Å². The van der Waals surface area contributed by atoms with Crippen molar-refractivity contribution in [2.45, 2.75) is 45.8 Å². The van der Waals surface area contributed by atoms with Crippen molar-refractivity contribution in [3.05, 3.63) is 35.8 Å². The molecule has 0 amide bonds. The molecular formula is C17H28O3Si. The van der Waals surface area contributed by atoms with Gasteiger partial charge >= 0.3 is 5.97 Å². The third-order valence-corrected chi connectivity index (χ3v) is 6.13. The summed E-state index contributed by atoms with van der Waals surface area (Å²) in [5.74, 6) is 0.552. The largest absolute Gasteiger partial charge is 0.500 e. The third kappa shape index (κ3) is 3.49. The van der Waals surface area contributed by atoms with Crippen LogP contribution in [0.15, 0.2) is 35.8 Å². The number of hydrogen-bond acceptors (Lipinski definition) is 3. The molecule has 0 aromatic rings. The number of rotatable bonds is 7. The summed E-state index contributed by atoms with van der Waals surface area (Å²) < 4.78 is 11.0. The topological polar surface area (TPSA) is 35.5 Å². The highest BCUT2D eigenvalue weighted by molar-refractivity contribution is 6.83. The number of ether oxygens (including phenoxy) is 2. The Balaban J connectivity index is 3.43. The Morgan fingerprint density at radius 1 is 1.43 bits per heavy atom. The summed E-state index contributed by atoms with van der Waals surface area (Å²) in [5.41, 5.74) is -0.762. The second-order valence-electron chi connectivity index (χ2n) is 6.33. The van der Waals surface area contributed by atoms with Crippen molar-refractivity contribution in [2.24, 2.45) is 5.41 Å². The molecule has 4 heteroatoms. The minimum Gasteiger partial charge on any atom is -0.500 e. The van der Waals surface area contributed by atoms with Gasteiger partial charge in [0, 0.05) is 0 Å². The van der Waals surface area contributed by atoms with Crippen molar-refractivity contribution in [1.29, 1.82) is 0 Å². The molecule has 0 radical (unpaired) electrons. The van der Waals surface area contributed by atoms with E-state index in [4.69, 9.17) is 9.47 Å². The summed E-state index contributed by atoms with van der Waals surface area (Å²) in [5, 5.41) is 1.22. The standard InChI is InChI=1S/C17H28O3Si/c1-7-9-13-17(16(18)20-8-2)14(19-3)11-10-12-15(17)21(4,5)6/h7,11-12H,1,8-10,13H2,2-6H3. The van der Waals surface area contributed by atoms with Gasteiger partial charge in [0.25, 0.3) is 0 Å². The first-order chi connectivity index (χ1) is 9.84. The molecule has 3 nitrogen and oxygen atoms in total. The van der Waals surface area contributed by atoms with Gasteiger partial charge in [0.15, 0.2) is 0 Å². The van der Waals surface area contributed by atoms with E-state index in [2.05, 4.69) is 32.3 Å². The van der Waals surface area contributed by atoms with Crippen molar-refractivity contribution in [2.75, 3.05) is 13.7 Å². The van der Waals surface area contributed by atoms with Gasteiger partial charge < -0.3 is 9.47 Å². The molecule has 0 aromatic heterocycles. The Labute approximate surface area is 129 Å². The minimum absolute atomic E-state index is 0.187. The first kappa shape index (κ1) is 17.8. The van der Waals surface area contributed by atoms with Gasteiger partial charge in [-0.15, -0.1) is 6.58 Å². The van der Waals surface area contributed by atoms with Gasteiger partial charge in [0.2, 0.25) is 0 Å². The summed E-state index contributed by atoms with van der Waals surface area (Å²) in [7, 11) is -0.0467. The van der Waals surface area contributed by atoms with Gasteiger partial charge in [0.05, 0.1) is 21.8 Å². The number of hydrogen-bond donors (Lipinski definition) is 0. The highest BCUT2D eigenvalue weighted by Gasteiger charge is 2.51. The van der Waals surface area contributed by atoms with E-state index in [0.29, 0.717) is 13.0 Å². The van der Waals surface area contributed by atoms with Crippen LogP contribution in [0, 0.1) is 5.41 Å². The molecule has 0 fully saturated rings. The number of carbonyl (C=O) groups is 1. The monoisotopic (exact) mass is 308 g/mol. The van der Waals surface area contributed by atoms with E-state index in [1.54, 1.807) is 7.11 Å². The zero-order valence-electron chi connectivity index (χ0n) is 14.0. The molecule has 21 heavy (non-hydrogen) atoms. The number of esters is 1. The second kappa shape index (κ2) is 7.12. The van der Waals surface area contributed by atoms with Gasteiger partial charge in [-0.05, 0) is 32.3 Å². The fourth-order valence-corrected chi connectivity index (χ4v) is 5.47. The fraction of sp³-hybridized carbons (Fsp3) is 0.588. The van der Waals surface area contributed by atoms with Crippen LogP contribution >= 0.6 is 0 Å². The quantitative estimate of drug-likeness (QED) is 0.401. The molecule has 0 bridgehead atoms. The number of carbonyl (C=O) groups excluding carboxylic acids is 1. The Morgan fingerprint density at radius 3 is 2.57 bits per heavy atom. The van der Waals surface area contributed by atoms with Crippen LogP contribution in [0.4, 0.5) is 0 Å². The molecule has 0 saturated heterocycles. The van der Waals surface area contributed by atoms with E-state index in [9.17, 15) is 4.79 Å². The minimum atomic E-state index is -1.69. The van der Waals surface area contributed by atoms with Crippen LogP contribution in [0.25, 0.3) is 0 Å². The van der Waals surface area contributed by atoms with E-state index in [-0.39, 0.29) is 5.97 Å². The highest BCUT2D eigenvalue weighted by Crippen LogP contribution is 2.48. The average Bonchev–Trinajstić information content (AvgIpc) is 2.43. The van der Waals surface area contributed by atoms with Gasteiger partial charge in [-0.3, -0.25) is 4.79 Å². The molecule has 0 N–H and O–H groups in total. The van der Waals surface area contributed by atoms with Crippen molar-refractivity contribution in [3.8, 4) is 0 Å². The average molecular weight is 308 g/mol. The van der Waals surface area contributed by atoms with Crippen LogP contribution in [0.5, 0.6) is 0 Å². The molecule has 1 rings (SSSR count). The summed E-state index contributed by atoms with van der Waals surface area (Å²) in [6.07, 6.45) is 8.29. The van der Waals surface area contributed by atoms with Crippen LogP contribution < -0.4 is 0 Å². The van der Waals surface area contributed by atoms with Gasteiger partial charge in [-0.25, -0.2) is 0 Å². The lowest BCUT2D eigenvalue weighted by Crippen LogP contribution is -2.46. The number of allylic oxidation sites excluding steroid dienone is 3. The maximum absolute atomic E-state index is 12.9. The molecule has 1 unspecified atom stereocenters. The van der Waals surface area contributed by atoms with E-state index >= 15 is 0 Å². The fourth-order valence-electron chi connectivity index (χ4n) is 3.11. The maximum atomic E-state index is 12.9. The molecule has 1 aliphatic carbocycles. The lowest BCUT2D eigenvalue weighted by atomic mass is 9.77. The van der Waals surface area contributed by atoms with Crippen molar-refractivity contribution in [1.82, 2.24) is 0 Å². The number of methoxy groups -OCH3 is 1. The Bertz CT molecular complexity index is 457. The SMILES string of the molecule is C=CCCC1(C(=O)OCC)C(OC)=CCC=C1[Si](C)(C)C. The molecule has 0 saturated carbocycles. The molecule has 1 atom stereocenters. The van der Waals surface area contributed by atoms with Crippen LogP contribution in [-0.2, 0) is 14.3 Å². The van der Waals surface area contributed by atoms with Crippen molar-refractivity contribution in [3.63, 3.8) is 0 Å². The molecule has 0 aliphatic heterocycles. The summed E-state index contributed by atoms with van der Waals surface area (Å²) >= 11 is 0. The maximum Gasteiger partial charge on any atom is 0.323 e. The summed E-state index contributed by atoms with van der Waals surface area (Å²) in [4.78, 5) is 12.9.